The third-order valence-corrected chi connectivity index (χ3v) is 3.10. The lowest BCUT2D eigenvalue weighted by Gasteiger charge is -2.13. The number of carboxylic acids is 1. The number of nitrogens with two attached hydrogens (primary N) is 1. The summed E-state index contributed by atoms with van der Waals surface area (Å²) >= 11 is 3.19. The van der Waals surface area contributed by atoms with Crippen LogP contribution >= 0.6 is 15.9 Å². The number of methoxy groups -OCH3 is 1. The van der Waals surface area contributed by atoms with E-state index < -0.39 is 17.7 Å². The summed E-state index contributed by atoms with van der Waals surface area (Å²) in [5.74, 6) is -2.48. The third-order valence-electron chi connectivity index (χ3n) is 2.39. The van der Waals surface area contributed by atoms with Crippen LogP contribution in [0, 0.1) is 5.82 Å². The molecule has 0 spiro atoms. The van der Waals surface area contributed by atoms with Crippen molar-refractivity contribution in [2.45, 2.75) is 12.5 Å². The standard InChI is InChI=1S/C11H13BrFNO3/c1-17-5-8-9(12)2-6(3-10(8)13)7(4-14)11(15)16/h2-3,7H,4-5,14H2,1H3,(H,15,16). The molecule has 0 aliphatic carbocycles. The molecule has 0 aromatic heterocycles. The largest absolute Gasteiger partial charge is 0.481 e. The molecule has 0 radical (unpaired) electrons. The number of halogens is 2. The van der Waals surface area contributed by atoms with Gasteiger partial charge in [-0.3, -0.25) is 4.79 Å². The number of aliphatic carboxylic acids is 1. The molecule has 0 fully saturated rings. The van der Waals surface area contributed by atoms with Crippen LogP contribution in [0.4, 0.5) is 4.39 Å². The Morgan fingerprint density at radius 3 is 2.71 bits per heavy atom. The zero-order chi connectivity index (χ0) is 13.0. The summed E-state index contributed by atoms with van der Waals surface area (Å²) in [6.45, 7) is 0.0396. The Kier molecular flexibility index (Phi) is 5.04. The highest BCUT2D eigenvalue weighted by Crippen LogP contribution is 2.26. The molecule has 94 valence electrons. The van der Waals surface area contributed by atoms with E-state index in [2.05, 4.69) is 15.9 Å². The van der Waals surface area contributed by atoms with Gasteiger partial charge in [-0.05, 0) is 17.7 Å². The average Bonchev–Trinajstić information content (AvgIpc) is 2.24. The molecular formula is C11H13BrFNO3. The molecule has 17 heavy (non-hydrogen) atoms. The maximum atomic E-state index is 13.7. The predicted molar refractivity (Wildman–Crippen MR) is 64.2 cm³/mol. The summed E-state index contributed by atoms with van der Waals surface area (Å²) in [6, 6.07) is 2.74. The zero-order valence-corrected chi connectivity index (χ0v) is 10.8. The van der Waals surface area contributed by atoms with Crippen molar-refractivity contribution < 1.29 is 19.0 Å². The maximum absolute atomic E-state index is 13.7. The van der Waals surface area contributed by atoms with Gasteiger partial charge in [0, 0.05) is 23.7 Å². The summed E-state index contributed by atoms with van der Waals surface area (Å²) in [6.07, 6.45) is 0. The van der Waals surface area contributed by atoms with Crippen molar-refractivity contribution >= 4 is 21.9 Å². The van der Waals surface area contributed by atoms with Gasteiger partial charge in [0.15, 0.2) is 0 Å². The summed E-state index contributed by atoms with van der Waals surface area (Å²) in [5.41, 5.74) is 6.06. The highest BCUT2D eigenvalue weighted by molar-refractivity contribution is 9.10. The first-order valence-corrected chi connectivity index (χ1v) is 5.70. The van der Waals surface area contributed by atoms with E-state index in [1.165, 1.54) is 13.2 Å². The predicted octanol–water partition coefficient (Wildman–Crippen LogP) is 1.86. The molecular weight excluding hydrogens is 293 g/mol. The van der Waals surface area contributed by atoms with Crippen molar-refractivity contribution in [3.05, 3.63) is 33.5 Å². The first-order chi connectivity index (χ1) is 8.01. The molecule has 0 saturated carbocycles. The van der Waals surface area contributed by atoms with Gasteiger partial charge in [0.1, 0.15) is 5.82 Å². The van der Waals surface area contributed by atoms with Crippen LogP contribution in [0.15, 0.2) is 16.6 Å². The molecule has 0 saturated heterocycles. The highest BCUT2D eigenvalue weighted by atomic mass is 79.9. The second kappa shape index (κ2) is 6.09. The van der Waals surface area contributed by atoms with E-state index in [-0.39, 0.29) is 13.2 Å². The number of carbonyl (C=O) groups is 1. The SMILES string of the molecule is COCc1c(F)cc(C(CN)C(=O)O)cc1Br. The smallest absolute Gasteiger partial charge is 0.312 e. The van der Waals surface area contributed by atoms with Crippen molar-refractivity contribution in [3.8, 4) is 0 Å². The second-order valence-electron chi connectivity index (χ2n) is 3.52. The molecule has 0 aliphatic rings. The number of hydrogen-bond donors (Lipinski definition) is 2. The average molecular weight is 306 g/mol. The van der Waals surface area contributed by atoms with Gasteiger partial charge in [-0.2, -0.15) is 0 Å². The third kappa shape index (κ3) is 3.24. The first-order valence-electron chi connectivity index (χ1n) is 4.90. The van der Waals surface area contributed by atoms with Crippen LogP contribution in [0.5, 0.6) is 0 Å². The minimum absolute atomic E-state index is 0.0785. The van der Waals surface area contributed by atoms with Gasteiger partial charge in [-0.25, -0.2) is 4.39 Å². The normalized spacial score (nSPS) is 12.5. The van der Waals surface area contributed by atoms with E-state index in [0.717, 1.165) is 0 Å². The van der Waals surface area contributed by atoms with Crippen molar-refractivity contribution in [2.75, 3.05) is 13.7 Å². The van der Waals surface area contributed by atoms with Gasteiger partial charge in [0.05, 0.1) is 12.5 Å². The van der Waals surface area contributed by atoms with Gasteiger partial charge in [0.25, 0.3) is 0 Å². The van der Waals surface area contributed by atoms with Crippen LogP contribution in [0.2, 0.25) is 0 Å². The van der Waals surface area contributed by atoms with E-state index >= 15 is 0 Å². The van der Waals surface area contributed by atoms with Gasteiger partial charge in [-0.15, -0.1) is 0 Å². The number of benzene rings is 1. The molecule has 1 aromatic rings. The minimum atomic E-state index is -1.07. The topological polar surface area (TPSA) is 72.5 Å². The fourth-order valence-electron chi connectivity index (χ4n) is 1.49. The van der Waals surface area contributed by atoms with Crippen LogP contribution in [-0.4, -0.2) is 24.7 Å². The van der Waals surface area contributed by atoms with Gasteiger partial charge in [0.2, 0.25) is 0 Å². The van der Waals surface area contributed by atoms with E-state index in [9.17, 15) is 9.18 Å². The molecule has 1 atom stereocenters. The maximum Gasteiger partial charge on any atom is 0.312 e. The van der Waals surface area contributed by atoms with E-state index in [1.54, 1.807) is 6.07 Å². The Hall–Kier alpha value is -0.980. The molecule has 1 unspecified atom stereocenters. The molecule has 4 nitrogen and oxygen atoms in total. The van der Waals surface area contributed by atoms with Gasteiger partial charge >= 0.3 is 5.97 Å². The monoisotopic (exact) mass is 305 g/mol. The summed E-state index contributed by atoms with van der Waals surface area (Å²) in [4.78, 5) is 10.9. The number of rotatable bonds is 5. The Bertz CT molecular complexity index is 402. The Morgan fingerprint density at radius 1 is 1.65 bits per heavy atom. The van der Waals surface area contributed by atoms with Crippen molar-refractivity contribution in [1.29, 1.82) is 0 Å². The molecule has 0 heterocycles. The van der Waals surface area contributed by atoms with Gasteiger partial charge in [-0.1, -0.05) is 15.9 Å². The first kappa shape index (κ1) is 14.1. The van der Waals surface area contributed by atoms with Crippen LogP contribution in [0.1, 0.15) is 17.0 Å². The fourth-order valence-corrected chi connectivity index (χ4v) is 2.05. The van der Waals surface area contributed by atoms with E-state index in [4.69, 9.17) is 15.6 Å². The highest BCUT2D eigenvalue weighted by Gasteiger charge is 2.20. The lowest BCUT2D eigenvalue weighted by atomic mass is 9.98. The van der Waals surface area contributed by atoms with Gasteiger partial charge < -0.3 is 15.6 Å². The Labute approximate surface area is 107 Å². The Morgan fingerprint density at radius 2 is 2.29 bits per heavy atom. The molecule has 3 N–H and O–H groups in total. The minimum Gasteiger partial charge on any atom is -0.481 e. The zero-order valence-electron chi connectivity index (χ0n) is 9.24. The van der Waals surface area contributed by atoms with Crippen molar-refractivity contribution in [3.63, 3.8) is 0 Å². The quantitative estimate of drug-likeness (QED) is 0.871. The molecule has 0 bridgehead atoms. The Balaban J connectivity index is 3.17. The van der Waals surface area contributed by atoms with Crippen molar-refractivity contribution in [1.82, 2.24) is 0 Å². The van der Waals surface area contributed by atoms with Crippen LogP contribution < -0.4 is 5.73 Å². The number of hydrogen-bond acceptors (Lipinski definition) is 3. The van der Waals surface area contributed by atoms with Crippen LogP contribution in [0.25, 0.3) is 0 Å². The molecule has 6 heteroatoms. The molecule has 1 aromatic carbocycles. The van der Waals surface area contributed by atoms with E-state index in [1.807, 2.05) is 0 Å². The number of ether oxygens (including phenoxy) is 1. The van der Waals surface area contributed by atoms with Crippen LogP contribution in [-0.2, 0) is 16.1 Å². The summed E-state index contributed by atoms with van der Waals surface area (Å²) in [7, 11) is 1.46. The lowest BCUT2D eigenvalue weighted by Crippen LogP contribution is -2.21. The second-order valence-corrected chi connectivity index (χ2v) is 4.38. The summed E-state index contributed by atoms with van der Waals surface area (Å²) < 4.78 is 19.0. The molecule has 0 amide bonds. The lowest BCUT2D eigenvalue weighted by molar-refractivity contribution is -0.138. The summed E-state index contributed by atoms with van der Waals surface area (Å²) in [5, 5.41) is 8.94. The molecule has 1 rings (SSSR count). The van der Waals surface area contributed by atoms with Crippen molar-refractivity contribution in [2.24, 2.45) is 5.73 Å². The van der Waals surface area contributed by atoms with Crippen LogP contribution in [0.3, 0.4) is 0 Å². The fraction of sp³-hybridized carbons (Fsp3) is 0.364. The number of carboxylic acid groups (broad SMARTS) is 1. The molecule has 0 aliphatic heterocycles. The van der Waals surface area contributed by atoms with E-state index in [0.29, 0.717) is 15.6 Å².